The van der Waals surface area contributed by atoms with Gasteiger partial charge in [0, 0.05) is 25.5 Å². The molecule has 2 amide bonds. The van der Waals surface area contributed by atoms with Crippen LogP contribution in [0.4, 0.5) is 0 Å². The second kappa shape index (κ2) is 5.87. The summed E-state index contributed by atoms with van der Waals surface area (Å²) in [7, 11) is 0. The van der Waals surface area contributed by atoms with Crippen LogP contribution in [-0.4, -0.2) is 44.4 Å². The summed E-state index contributed by atoms with van der Waals surface area (Å²) in [4.78, 5) is 30.8. The molecule has 1 N–H and O–H groups in total. The van der Waals surface area contributed by atoms with Crippen molar-refractivity contribution in [3.63, 3.8) is 0 Å². The Bertz CT molecular complexity index is 536. The Hall–Kier alpha value is -1.85. The van der Waals surface area contributed by atoms with Gasteiger partial charge < -0.3 is 14.8 Å². The maximum atomic E-state index is 12.6. The van der Waals surface area contributed by atoms with Gasteiger partial charge in [0.2, 0.25) is 11.8 Å². The number of nitrogens with zero attached hydrogens (tertiary/aromatic N) is 3. The first-order valence-corrected chi connectivity index (χ1v) is 7.47. The molecule has 2 heterocycles. The lowest BCUT2D eigenvalue weighted by molar-refractivity contribution is -0.154. The fraction of sp³-hybridized carbons (Fsp3) is 0.667. The number of aryl methyl sites for hydroxylation is 1. The second-order valence-electron chi connectivity index (χ2n) is 6.09. The lowest BCUT2D eigenvalue weighted by Crippen LogP contribution is -2.68. The van der Waals surface area contributed by atoms with E-state index in [0.29, 0.717) is 19.5 Å². The van der Waals surface area contributed by atoms with Crippen molar-refractivity contribution in [2.75, 3.05) is 6.54 Å². The van der Waals surface area contributed by atoms with Crippen molar-refractivity contribution in [2.24, 2.45) is 0 Å². The van der Waals surface area contributed by atoms with Gasteiger partial charge in [-0.15, -0.1) is 0 Å². The highest BCUT2D eigenvalue weighted by atomic mass is 16.2. The SMILES string of the molecule is CCCC1C(=O)NC(C)(C)C(=O)N1CCn1ccnc1C. The van der Waals surface area contributed by atoms with Crippen LogP contribution in [-0.2, 0) is 16.1 Å². The van der Waals surface area contributed by atoms with Crippen LogP contribution < -0.4 is 5.32 Å². The van der Waals surface area contributed by atoms with E-state index in [-0.39, 0.29) is 17.9 Å². The molecule has 2 rings (SSSR count). The van der Waals surface area contributed by atoms with E-state index in [1.54, 1.807) is 24.9 Å². The number of aromatic nitrogens is 2. The largest absolute Gasteiger partial charge is 0.340 e. The van der Waals surface area contributed by atoms with E-state index in [0.717, 1.165) is 12.2 Å². The molecule has 116 valence electrons. The predicted octanol–water partition coefficient (Wildman–Crippen LogP) is 1.10. The molecule has 1 aliphatic heterocycles. The minimum atomic E-state index is -0.828. The van der Waals surface area contributed by atoms with Gasteiger partial charge in [0.1, 0.15) is 17.4 Å². The fourth-order valence-electron chi connectivity index (χ4n) is 2.76. The van der Waals surface area contributed by atoms with Crippen molar-refractivity contribution in [3.8, 4) is 0 Å². The standard InChI is InChI=1S/C15H24N4O2/c1-5-6-12-13(20)17-15(3,4)14(21)19(12)10-9-18-8-7-16-11(18)2/h7-8,12H,5-6,9-10H2,1-4H3,(H,17,20). The molecule has 1 unspecified atom stereocenters. The molecule has 1 fully saturated rings. The zero-order chi connectivity index (χ0) is 15.6. The number of piperazine rings is 1. The molecule has 0 radical (unpaired) electrons. The first kappa shape index (κ1) is 15.5. The molecule has 1 aromatic heterocycles. The Morgan fingerprint density at radius 3 is 2.62 bits per heavy atom. The lowest BCUT2D eigenvalue weighted by Gasteiger charge is -2.43. The van der Waals surface area contributed by atoms with E-state index in [2.05, 4.69) is 10.3 Å². The van der Waals surface area contributed by atoms with E-state index in [1.807, 2.05) is 24.6 Å². The molecule has 6 heteroatoms. The van der Waals surface area contributed by atoms with Gasteiger partial charge in [0.15, 0.2) is 0 Å². The van der Waals surface area contributed by atoms with Crippen LogP contribution >= 0.6 is 0 Å². The average molecular weight is 292 g/mol. The number of hydrogen-bond donors (Lipinski definition) is 1. The van der Waals surface area contributed by atoms with Gasteiger partial charge in [-0.05, 0) is 27.2 Å². The smallest absolute Gasteiger partial charge is 0.248 e. The quantitative estimate of drug-likeness (QED) is 0.883. The van der Waals surface area contributed by atoms with Gasteiger partial charge in [-0.2, -0.15) is 0 Å². The van der Waals surface area contributed by atoms with Gasteiger partial charge in [0.05, 0.1) is 0 Å². The zero-order valence-corrected chi connectivity index (χ0v) is 13.2. The summed E-state index contributed by atoms with van der Waals surface area (Å²) in [6.45, 7) is 8.64. The van der Waals surface area contributed by atoms with Crippen LogP contribution in [0.1, 0.15) is 39.4 Å². The number of amides is 2. The number of carbonyl (C=O) groups is 2. The number of rotatable bonds is 5. The number of hydrogen-bond acceptors (Lipinski definition) is 3. The molecule has 1 saturated heterocycles. The van der Waals surface area contributed by atoms with Crippen molar-refractivity contribution in [2.45, 2.75) is 58.7 Å². The number of imidazole rings is 1. The summed E-state index contributed by atoms with van der Waals surface area (Å²) in [5.74, 6) is 0.845. The minimum Gasteiger partial charge on any atom is -0.340 e. The third-order valence-corrected chi connectivity index (χ3v) is 3.98. The third kappa shape index (κ3) is 3.09. The van der Waals surface area contributed by atoms with Crippen LogP contribution in [0.25, 0.3) is 0 Å². The predicted molar refractivity (Wildman–Crippen MR) is 79.6 cm³/mol. The van der Waals surface area contributed by atoms with Gasteiger partial charge in [0.25, 0.3) is 0 Å². The molecular weight excluding hydrogens is 268 g/mol. The lowest BCUT2D eigenvalue weighted by atomic mass is 9.95. The normalized spacial score (nSPS) is 21.5. The highest BCUT2D eigenvalue weighted by Gasteiger charge is 2.44. The number of carbonyl (C=O) groups excluding carboxylic acids is 2. The Kier molecular flexibility index (Phi) is 4.34. The molecule has 1 atom stereocenters. The van der Waals surface area contributed by atoms with E-state index >= 15 is 0 Å². The van der Waals surface area contributed by atoms with Crippen LogP contribution in [0.15, 0.2) is 12.4 Å². The maximum absolute atomic E-state index is 12.6. The third-order valence-electron chi connectivity index (χ3n) is 3.98. The fourth-order valence-corrected chi connectivity index (χ4v) is 2.76. The van der Waals surface area contributed by atoms with Gasteiger partial charge in [-0.25, -0.2) is 4.98 Å². The van der Waals surface area contributed by atoms with Crippen molar-refractivity contribution in [3.05, 3.63) is 18.2 Å². The highest BCUT2D eigenvalue weighted by Crippen LogP contribution is 2.21. The van der Waals surface area contributed by atoms with Crippen molar-refractivity contribution in [1.82, 2.24) is 19.8 Å². The zero-order valence-electron chi connectivity index (χ0n) is 13.2. The molecule has 1 aliphatic rings. The molecule has 21 heavy (non-hydrogen) atoms. The van der Waals surface area contributed by atoms with Crippen molar-refractivity contribution in [1.29, 1.82) is 0 Å². The first-order valence-electron chi connectivity index (χ1n) is 7.47. The summed E-state index contributed by atoms with van der Waals surface area (Å²) < 4.78 is 2.00. The minimum absolute atomic E-state index is 0.0154. The second-order valence-corrected chi connectivity index (χ2v) is 6.09. The van der Waals surface area contributed by atoms with Crippen molar-refractivity contribution < 1.29 is 9.59 Å². The molecule has 6 nitrogen and oxygen atoms in total. The monoisotopic (exact) mass is 292 g/mol. The van der Waals surface area contributed by atoms with E-state index in [1.165, 1.54) is 0 Å². The average Bonchev–Trinajstić information content (AvgIpc) is 2.81. The Labute approximate surface area is 125 Å². The van der Waals surface area contributed by atoms with E-state index in [9.17, 15) is 9.59 Å². The van der Waals surface area contributed by atoms with E-state index in [4.69, 9.17) is 0 Å². The van der Waals surface area contributed by atoms with Crippen LogP contribution in [0.2, 0.25) is 0 Å². The summed E-state index contributed by atoms with van der Waals surface area (Å²) in [6, 6.07) is -0.362. The first-order chi connectivity index (χ1) is 9.86. The van der Waals surface area contributed by atoms with Crippen LogP contribution in [0.3, 0.4) is 0 Å². The Morgan fingerprint density at radius 2 is 2.05 bits per heavy atom. The summed E-state index contributed by atoms with van der Waals surface area (Å²) in [5, 5.41) is 2.83. The summed E-state index contributed by atoms with van der Waals surface area (Å²) in [5.41, 5.74) is -0.828. The van der Waals surface area contributed by atoms with Gasteiger partial charge in [-0.1, -0.05) is 13.3 Å². The van der Waals surface area contributed by atoms with Crippen LogP contribution in [0, 0.1) is 6.92 Å². The summed E-state index contributed by atoms with van der Waals surface area (Å²) in [6.07, 6.45) is 5.19. The van der Waals surface area contributed by atoms with E-state index < -0.39 is 5.54 Å². The maximum Gasteiger partial charge on any atom is 0.248 e. The Balaban J connectivity index is 2.16. The summed E-state index contributed by atoms with van der Waals surface area (Å²) >= 11 is 0. The highest BCUT2D eigenvalue weighted by molar-refractivity contribution is 5.99. The molecule has 0 aliphatic carbocycles. The molecule has 0 aromatic carbocycles. The number of nitrogens with one attached hydrogen (secondary N) is 1. The van der Waals surface area contributed by atoms with Crippen LogP contribution in [0.5, 0.6) is 0 Å². The topological polar surface area (TPSA) is 67.2 Å². The molecular formula is C15H24N4O2. The molecule has 0 saturated carbocycles. The molecule has 0 spiro atoms. The molecule has 1 aromatic rings. The van der Waals surface area contributed by atoms with Crippen molar-refractivity contribution >= 4 is 11.8 Å². The molecule has 0 bridgehead atoms. The Morgan fingerprint density at radius 1 is 1.33 bits per heavy atom. The van der Waals surface area contributed by atoms with Gasteiger partial charge in [-0.3, -0.25) is 9.59 Å². The van der Waals surface area contributed by atoms with Gasteiger partial charge >= 0.3 is 0 Å².